The van der Waals surface area contributed by atoms with E-state index in [4.69, 9.17) is 9.72 Å². The summed E-state index contributed by atoms with van der Waals surface area (Å²) in [4.78, 5) is 9.13. The first-order valence-corrected chi connectivity index (χ1v) is 10.7. The van der Waals surface area contributed by atoms with Gasteiger partial charge in [0.2, 0.25) is 5.95 Å². The van der Waals surface area contributed by atoms with Gasteiger partial charge in [-0.25, -0.2) is 4.98 Å². The van der Waals surface area contributed by atoms with Crippen LogP contribution in [0.15, 0.2) is 65.3 Å². The van der Waals surface area contributed by atoms with E-state index in [0.717, 1.165) is 63.8 Å². The highest BCUT2D eigenvalue weighted by molar-refractivity contribution is 9.10. The van der Waals surface area contributed by atoms with Gasteiger partial charge < -0.3 is 19.9 Å². The molecule has 4 rings (SSSR count). The number of fused-ring (bicyclic) bond motifs is 1. The van der Waals surface area contributed by atoms with Gasteiger partial charge in [0.25, 0.3) is 0 Å². The zero-order valence-corrected chi connectivity index (χ0v) is 18.6. The summed E-state index contributed by atoms with van der Waals surface area (Å²) in [6, 6.07) is 17.8. The first-order valence-electron chi connectivity index (χ1n) is 9.95. The Labute approximate surface area is 184 Å². The molecule has 2 N–H and O–H groups in total. The standard InChI is InChI=1S/C23H24BrN5O/c1-3-11-25-15-18-13-20(10-12-26-18)30-19-8-9-22-21(14-19)28-23(29(22)2)27-17-6-4-16(24)5-7-17/h4-10,12-14,25H,3,11,15H2,1-2H3,(H,27,28). The topological polar surface area (TPSA) is 64.0 Å². The van der Waals surface area contributed by atoms with Crippen molar-refractivity contribution in [2.45, 2.75) is 19.9 Å². The van der Waals surface area contributed by atoms with Crippen molar-refractivity contribution >= 4 is 38.6 Å². The fourth-order valence-electron chi connectivity index (χ4n) is 3.16. The van der Waals surface area contributed by atoms with E-state index in [-0.39, 0.29) is 0 Å². The molecule has 154 valence electrons. The average Bonchev–Trinajstić information content (AvgIpc) is 3.05. The number of ether oxygens (including phenoxy) is 1. The molecule has 0 aliphatic heterocycles. The highest BCUT2D eigenvalue weighted by Crippen LogP contribution is 2.28. The third kappa shape index (κ3) is 4.80. The van der Waals surface area contributed by atoms with Crippen molar-refractivity contribution < 1.29 is 4.74 Å². The summed E-state index contributed by atoms with van der Waals surface area (Å²) >= 11 is 3.46. The van der Waals surface area contributed by atoms with Crippen LogP contribution < -0.4 is 15.4 Å². The molecular formula is C23H24BrN5O. The zero-order valence-electron chi connectivity index (χ0n) is 17.0. The maximum Gasteiger partial charge on any atom is 0.208 e. The number of anilines is 2. The van der Waals surface area contributed by atoms with E-state index in [1.54, 1.807) is 6.20 Å². The Morgan fingerprint density at radius 2 is 1.83 bits per heavy atom. The van der Waals surface area contributed by atoms with Gasteiger partial charge >= 0.3 is 0 Å². The molecule has 0 fully saturated rings. The second-order valence-electron chi connectivity index (χ2n) is 7.04. The maximum absolute atomic E-state index is 6.07. The summed E-state index contributed by atoms with van der Waals surface area (Å²) in [6.07, 6.45) is 2.87. The molecule has 2 heterocycles. The number of hydrogen-bond donors (Lipinski definition) is 2. The van der Waals surface area contributed by atoms with Crippen LogP contribution in [0.2, 0.25) is 0 Å². The molecule has 0 radical (unpaired) electrons. The molecule has 0 bridgehead atoms. The van der Waals surface area contributed by atoms with E-state index in [2.05, 4.69) is 38.5 Å². The number of aryl methyl sites for hydroxylation is 1. The third-order valence-corrected chi connectivity index (χ3v) is 5.24. The van der Waals surface area contributed by atoms with Gasteiger partial charge in [0.05, 0.1) is 16.7 Å². The van der Waals surface area contributed by atoms with E-state index < -0.39 is 0 Å². The molecular weight excluding hydrogens is 442 g/mol. The highest BCUT2D eigenvalue weighted by Gasteiger charge is 2.10. The van der Waals surface area contributed by atoms with Crippen LogP contribution in [0.1, 0.15) is 19.0 Å². The summed E-state index contributed by atoms with van der Waals surface area (Å²) in [5.41, 5.74) is 3.84. The van der Waals surface area contributed by atoms with Crippen molar-refractivity contribution in [3.05, 3.63) is 71.0 Å². The lowest BCUT2D eigenvalue weighted by Crippen LogP contribution is -2.14. The molecule has 0 spiro atoms. The lowest BCUT2D eigenvalue weighted by Gasteiger charge is -2.08. The van der Waals surface area contributed by atoms with Gasteiger partial charge in [-0.3, -0.25) is 4.98 Å². The summed E-state index contributed by atoms with van der Waals surface area (Å²) in [5.74, 6) is 2.29. The minimum absolute atomic E-state index is 0.732. The van der Waals surface area contributed by atoms with Crippen molar-refractivity contribution in [3.63, 3.8) is 0 Å². The van der Waals surface area contributed by atoms with Crippen molar-refractivity contribution in [1.29, 1.82) is 0 Å². The summed E-state index contributed by atoms with van der Waals surface area (Å²) in [7, 11) is 2.00. The Kier molecular flexibility index (Phi) is 6.30. The van der Waals surface area contributed by atoms with Crippen LogP contribution >= 0.6 is 15.9 Å². The van der Waals surface area contributed by atoms with Crippen LogP contribution in [0, 0.1) is 0 Å². The summed E-state index contributed by atoms with van der Waals surface area (Å²) in [5, 5.41) is 6.72. The van der Waals surface area contributed by atoms with Crippen LogP contribution in [0.3, 0.4) is 0 Å². The predicted octanol–water partition coefficient (Wildman–Crippen LogP) is 5.77. The largest absolute Gasteiger partial charge is 0.457 e. The van der Waals surface area contributed by atoms with Crippen molar-refractivity contribution in [3.8, 4) is 11.5 Å². The fraction of sp³-hybridized carbons (Fsp3) is 0.217. The van der Waals surface area contributed by atoms with Gasteiger partial charge in [-0.15, -0.1) is 0 Å². The molecule has 30 heavy (non-hydrogen) atoms. The molecule has 0 amide bonds. The van der Waals surface area contributed by atoms with Gasteiger partial charge in [0.1, 0.15) is 11.5 Å². The minimum Gasteiger partial charge on any atom is -0.457 e. The quantitative estimate of drug-likeness (QED) is 0.323. The van der Waals surface area contributed by atoms with E-state index in [9.17, 15) is 0 Å². The van der Waals surface area contributed by atoms with Crippen LogP contribution in [-0.2, 0) is 13.6 Å². The molecule has 7 heteroatoms. The molecule has 0 unspecified atom stereocenters. The van der Waals surface area contributed by atoms with E-state index in [1.807, 2.05) is 66.2 Å². The molecule has 2 aromatic heterocycles. The lowest BCUT2D eigenvalue weighted by molar-refractivity contribution is 0.481. The predicted molar refractivity (Wildman–Crippen MR) is 124 cm³/mol. The minimum atomic E-state index is 0.732. The highest BCUT2D eigenvalue weighted by atomic mass is 79.9. The molecule has 6 nitrogen and oxygen atoms in total. The number of nitrogens with zero attached hydrogens (tertiary/aromatic N) is 3. The van der Waals surface area contributed by atoms with Crippen LogP contribution in [0.5, 0.6) is 11.5 Å². The second kappa shape index (κ2) is 9.28. The fourth-order valence-corrected chi connectivity index (χ4v) is 3.43. The number of benzene rings is 2. The summed E-state index contributed by atoms with van der Waals surface area (Å²) < 4.78 is 9.15. The zero-order chi connectivity index (χ0) is 20.9. The molecule has 0 aliphatic carbocycles. The van der Waals surface area contributed by atoms with Crippen LogP contribution in [-0.4, -0.2) is 21.1 Å². The SMILES string of the molecule is CCCNCc1cc(Oc2ccc3c(c2)nc(Nc2ccc(Br)cc2)n3C)ccn1. The van der Waals surface area contributed by atoms with Crippen molar-refractivity contribution in [1.82, 2.24) is 19.9 Å². The van der Waals surface area contributed by atoms with Crippen LogP contribution in [0.4, 0.5) is 11.6 Å². The number of imidazole rings is 1. The Balaban J connectivity index is 1.52. The van der Waals surface area contributed by atoms with E-state index in [0.29, 0.717) is 0 Å². The molecule has 0 aliphatic rings. The Bertz CT molecular complexity index is 1140. The number of pyridine rings is 1. The number of aromatic nitrogens is 3. The molecule has 0 saturated carbocycles. The van der Waals surface area contributed by atoms with Gasteiger partial charge in [-0.2, -0.15) is 0 Å². The Hall–Kier alpha value is -2.90. The first kappa shape index (κ1) is 20.4. The van der Waals surface area contributed by atoms with Gasteiger partial charge in [0.15, 0.2) is 0 Å². The normalized spacial score (nSPS) is 11.0. The smallest absolute Gasteiger partial charge is 0.208 e. The van der Waals surface area contributed by atoms with Crippen molar-refractivity contribution in [2.75, 3.05) is 11.9 Å². The monoisotopic (exact) mass is 465 g/mol. The Morgan fingerprint density at radius 3 is 2.63 bits per heavy atom. The Morgan fingerprint density at radius 1 is 1.03 bits per heavy atom. The maximum atomic E-state index is 6.07. The number of nitrogens with one attached hydrogen (secondary N) is 2. The average molecular weight is 466 g/mol. The number of rotatable bonds is 8. The van der Waals surface area contributed by atoms with Crippen molar-refractivity contribution in [2.24, 2.45) is 7.05 Å². The molecule has 0 saturated heterocycles. The van der Waals surface area contributed by atoms with E-state index in [1.165, 1.54) is 0 Å². The molecule has 4 aromatic rings. The number of halogens is 1. The molecule has 0 atom stereocenters. The molecule has 2 aromatic carbocycles. The third-order valence-electron chi connectivity index (χ3n) is 4.71. The first-order chi connectivity index (χ1) is 14.6. The lowest BCUT2D eigenvalue weighted by atomic mass is 10.3. The van der Waals surface area contributed by atoms with Gasteiger partial charge in [-0.05, 0) is 55.4 Å². The second-order valence-corrected chi connectivity index (χ2v) is 7.95. The number of hydrogen-bond acceptors (Lipinski definition) is 5. The summed E-state index contributed by atoms with van der Waals surface area (Å²) in [6.45, 7) is 3.85. The van der Waals surface area contributed by atoms with Gasteiger partial charge in [-0.1, -0.05) is 22.9 Å². The van der Waals surface area contributed by atoms with E-state index >= 15 is 0 Å². The van der Waals surface area contributed by atoms with Crippen LogP contribution in [0.25, 0.3) is 11.0 Å². The van der Waals surface area contributed by atoms with Gasteiger partial charge in [0, 0.05) is 42.1 Å².